The van der Waals surface area contributed by atoms with Crippen molar-refractivity contribution in [3.8, 4) is 17.2 Å². The maximum absolute atomic E-state index is 12.1. The molecule has 9 nitrogen and oxygen atoms in total. The van der Waals surface area contributed by atoms with Crippen LogP contribution in [0.4, 0.5) is 5.82 Å². The lowest BCUT2D eigenvalue weighted by molar-refractivity contribution is -0.390. The highest BCUT2D eigenvalue weighted by atomic mass is 16.6. The van der Waals surface area contributed by atoms with Gasteiger partial charge in [0.05, 0.1) is 6.61 Å². The Labute approximate surface area is 161 Å². The number of aromatic nitrogens is 1. The van der Waals surface area contributed by atoms with Crippen molar-refractivity contribution in [2.24, 2.45) is 0 Å². The van der Waals surface area contributed by atoms with Crippen molar-refractivity contribution in [1.82, 2.24) is 10.3 Å². The Kier molecular flexibility index (Phi) is 5.93. The van der Waals surface area contributed by atoms with Crippen molar-refractivity contribution < 1.29 is 23.9 Å². The molecule has 0 fully saturated rings. The molecule has 2 aromatic rings. The summed E-state index contributed by atoms with van der Waals surface area (Å²) in [6, 6.07) is 6.71. The zero-order valence-electron chi connectivity index (χ0n) is 15.6. The van der Waals surface area contributed by atoms with Crippen LogP contribution in [0.3, 0.4) is 0 Å². The normalized spacial score (nSPS) is 14.7. The fraction of sp³-hybridized carbons (Fsp3) is 0.368. The number of benzene rings is 1. The van der Waals surface area contributed by atoms with Crippen LogP contribution in [-0.4, -0.2) is 35.1 Å². The number of hydrogen-bond acceptors (Lipinski definition) is 7. The highest BCUT2D eigenvalue weighted by Gasteiger charge is 2.22. The molecule has 3 rings (SSSR count). The molecule has 0 radical (unpaired) electrons. The molecule has 1 aromatic carbocycles. The van der Waals surface area contributed by atoms with E-state index in [9.17, 15) is 14.9 Å². The molecule has 2 heterocycles. The van der Waals surface area contributed by atoms with Gasteiger partial charge in [0.15, 0.2) is 6.61 Å². The smallest absolute Gasteiger partial charge is 0.406 e. The Morgan fingerprint density at radius 1 is 1.39 bits per heavy atom. The molecule has 0 bridgehead atoms. The molecule has 1 aliphatic rings. The van der Waals surface area contributed by atoms with Gasteiger partial charge in [0.2, 0.25) is 5.75 Å². The van der Waals surface area contributed by atoms with E-state index in [1.165, 1.54) is 18.3 Å². The first-order valence-electron chi connectivity index (χ1n) is 8.92. The van der Waals surface area contributed by atoms with Crippen LogP contribution in [-0.2, 0) is 17.8 Å². The minimum absolute atomic E-state index is 0.0578. The molecule has 1 aliphatic heterocycles. The van der Waals surface area contributed by atoms with Gasteiger partial charge in [-0.1, -0.05) is 0 Å². The molecule has 0 saturated heterocycles. The molecule has 148 valence electrons. The third kappa shape index (κ3) is 4.48. The number of nitrogens with zero attached hydrogens (tertiary/aromatic N) is 2. The minimum Gasteiger partial charge on any atom is -0.494 e. The van der Waals surface area contributed by atoms with E-state index < -0.39 is 16.6 Å². The van der Waals surface area contributed by atoms with Gasteiger partial charge in [0.25, 0.3) is 5.91 Å². The monoisotopic (exact) mass is 387 g/mol. The van der Waals surface area contributed by atoms with E-state index in [0.717, 1.165) is 23.3 Å². The number of hydrogen-bond donors (Lipinski definition) is 1. The number of nitrogens with one attached hydrogen (secondary N) is 1. The van der Waals surface area contributed by atoms with Crippen LogP contribution in [0.15, 0.2) is 30.5 Å². The zero-order valence-corrected chi connectivity index (χ0v) is 15.6. The van der Waals surface area contributed by atoms with E-state index >= 15 is 0 Å². The molecular weight excluding hydrogens is 366 g/mol. The number of ether oxygens (including phenoxy) is 3. The van der Waals surface area contributed by atoms with E-state index in [4.69, 9.17) is 14.2 Å². The lowest BCUT2D eigenvalue weighted by atomic mass is 10.1. The fourth-order valence-electron chi connectivity index (χ4n) is 2.93. The van der Waals surface area contributed by atoms with Crippen LogP contribution < -0.4 is 19.5 Å². The summed E-state index contributed by atoms with van der Waals surface area (Å²) in [5.74, 6) is 0.581. The van der Waals surface area contributed by atoms with Gasteiger partial charge < -0.3 is 29.6 Å². The summed E-state index contributed by atoms with van der Waals surface area (Å²) in [6.45, 7) is 4.25. The number of pyridine rings is 1. The number of carbonyl (C=O) groups excluding carboxylic acids is 1. The highest BCUT2D eigenvalue weighted by molar-refractivity contribution is 5.77. The molecule has 9 heteroatoms. The Balaban J connectivity index is 1.62. The van der Waals surface area contributed by atoms with Crippen molar-refractivity contribution in [1.29, 1.82) is 0 Å². The fourth-order valence-corrected chi connectivity index (χ4v) is 2.93. The predicted molar refractivity (Wildman–Crippen MR) is 99.6 cm³/mol. The minimum atomic E-state index is -0.660. The van der Waals surface area contributed by atoms with E-state index in [-0.39, 0.29) is 25.0 Å². The Morgan fingerprint density at radius 2 is 2.21 bits per heavy atom. The summed E-state index contributed by atoms with van der Waals surface area (Å²) >= 11 is 0. The number of nitro groups is 1. The number of rotatable bonds is 8. The van der Waals surface area contributed by atoms with Crippen molar-refractivity contribution in [2.45, 2.75) is 32.9 Å². The molecule has 1 N–H and O–H groups in total. The molecule has 1 unspecified atom stereocenters. The third-order valence-electron chi connectivity index (χ3n) is 4.14. The molecular formula is C19H21N3O6. The van der Waals surface area contributed by atoms with E-state index in [1.54, 1.807) is 0 Å². The van der Waals surface area contributed by atoms with Crippen LogP contribution >= 0.6 is 0 Å². The Bertz CT molecular complexity index is 886. The second-order valence-electron chi connectivity index (χ2n) is 6.28. The molecule has 1 atom stereocenters. The van der Waals surface area contributed by atoms with E-state index in [0.29, 0.717) is 12.4 Å². The highest BCUT2D eigenvalue weighted by Crippen LogP contribution is 2.35. The lowest BCUT2D eigenvalue weighted by Crippen LogP contribution is -2.28. The van der Waals surface area contributed by atoms with Crippen molar-refractivity contribution in [3.63, 3.8) is 0 Å². The van der Waals surface area contributed by atoms with Gasteiger partial charge in [0.1, 0.15) is 23.8 Å². The third-order valence-corrected chi connectivity index (χ3v) is 4.14. The SMILES string of the molecule is CCOc1cc2c(cc1CNC(=O)COc1cccnc1[N+](=O)[O-])OC(C)C2. The van der Waals surface area contributed by atoms with Gasteiger partial charge in [-0.3, -0.25) is 4.79 Å². The van der Waals surface area contributed by atoms with Crippen LogP contribution in [0, 0.1) is 10.1 Å². The van der Waals surface area contributed by atoms with Crippen LogP contribution in [0.25, 0.3) is 0 Å². The molecule has 0 aliphatic carbocycles. The second kappa shape index (κ2) is 8.55. The van der Waals surface area contributed by atoms with Gasteiger partial charge in [-0.15, -0.1) is 0 Å². The maximum Gasteiger partial charge on any atom is 0.406 e. The summed E-state index contributed by atoms with van der Waals surface area (Å²) in [5, 5.41) is 13.7. The van der Waals surface area contributed by atoms with Crippen molar-refractivity contribution in [3.05, 3.63) is 51.7 Å². The lowest BCUT2D eigenvalue weighted by Gasteiger charge is -2.13. The second-order valence-corrected chi connectivity index (χ2v) is 6.28. The zero-order chi connectivity index (χ0) is 20.1. The first kappa shape index (κ1) is 19.4. The molecule has 1 aromatic heterocycles. The van der Waals surface area contributed by atoms with Gasteiger partial charge >= 0.3 is 5.82 Å². The summed E-state index contributed by atoms with van der Waals surface area (Å²) < 4.78 is 16.7. The number of fused-ring (bicyclic) bond motifs is 1. The predicted octanol–water partition coefficient (Wildman–Crippen LogP) is 2.41. The standard InChI is InChI=1S/C19H21N3O6/c1-3-26-16-8-13-7-12(2)28-17(13)9-14(16)10-21-18(23)11-27-15-5-4-6-20-19(15)22(24)25/h4-6,8-9,12H,3,7,10-11H2,1-2H3,(H,21,23). The van der Waals surface area contributed by atoms with E-state index in [2.05, 4.69) is 10.3 Å². The van der Waals surface area contributed by atoms with Gasteiger partial charge in [-0.25, -0.2) is 0 Å². The molecule has 0 spiro atoms. The largest absolute Gasteiger partial charge is 0.494 e. The van der Waals surface area contributed by atoms with Gasteiger partial charge in [-0.2, -0.15) is 0 Å². The summed E-state index contributed by atoms with van der Waals surface area (Å²) in [5.41, 5.74) is 1.87. The number of amides is 1. The van der Waals surface area contributed by atoms with Crippen LogP contribution in [0.2, 0.25) is 0 Å². The quantitative estimate of drug-likeness (QED) is 0.547. The average Bonchev–Trinajstić information content (AvgIpc) is 3.03. The number of carbonyl (C=O) groups is 1. The van der Waals surface area contributed by atoms with E-state index in [1.807, 2.05) is 26.0 Å². The first-order valence-corrected chi connectivity index (χ1v) is 8.92. The van der Waals surface area contributed by atoms with Gasteiger partial charge in [-0.05, 0) is 48.0 Å². The Morgan fingerprint density at radius 3 is 2.96 bits per heavy atom. The Hall–Kier alpha value is -3.36. The molecule has 28 heavy (non-hydrogen) atoms. The average molecular weight is 387 g/mol. The summed E-state index contributed by atoms with van der Waals surface area (Å²) in [7, 11) is 0. The van der Waals surface area contributed by atoms with Crippen LogP contribution in [0.1, 0.15) is 25.0 Å². The topological polar surface area (TPSA) is 113 Å². The van der Waals surface area contributed by atoms with Crippen molar-refractivity contribution in [2.75, 3.05) is 13.2 Å². The molecule has 1 amide bonds. The van der Waals surface area contributed by atoms with Crippen LogP contribution in [0.5, 0.6) is 17.2 Å². The first-order chi connectivity index (χ1) is 13.5. The van der Waals surface area contributed by atoms with Crippen molar-refractivity contribution >= 4 is 11.7 Å². The maximum atomic E-state index is 12.1. The summed E-state index contributed by atoms with van der Waals surface area (Å²) in [4.78, 5) is 26.0. The molecule has 0 saturated carbocycles. The van der Waals surface area contributed by atoms with Gasteiger partial charge in [0, 0.05) is 24.1 Å². The summed E-state index contributed by atoms with van der Waals surface area (Å²) in [6.07, 6.45) is 2.22.